The molecule has 0 saturated heterocycles. The number of aromatic nitrogens is 1. The molecule has 0 aromatic carbocycles. The number of aryl methyl sites for hydroxylation is 2. The Balaban J connectivity index is 2.28. The van der Waals surface area contributed by atoms with Crippen LogP contribution >= 0.6 is 0 Å². The van der Waals surface area contributed by atoms with Crippen molar-refractivity contribution in [1.82, 2.24) is 14.8 Å². The normalized spacial score (nSPS) is 11.2. The third-order valence-corrected chi connectivity index (χ3v) is 4.91. The second kappa shape index (κ2) is 9.55. The van der Waals surface area contributed by atoms with Crippen molar-refractivity contribution in [3.05, 3.63) is 56.9 Å². The van der Waals surface area contributed by atoms with Crippen LogP contribution < -0.4 is 10.7 Å². The van der Waals surface area contributed by atoms with Crippen LogP contribution in [0.3, 0.4) is 0 Å². The van der Waals surface area contributed by atoms with Gasteiger partial charge in [0.1, 0.15) is 17.1 Å². The minimum atomic E-state index is -0.298. The number of furan rings is 1. The molecule has 0 spiro atoms. The molecule has 27 heavy (non-hydrogen) atoms. The summed E-state index contributed by atoms with van der Waals surface area (Å²) in [6.45, 7) is 13.6. The van der Waals surface area contributed by atoms with Crippen LogP contribution in [-0.4, -0.2) is 41.6 Å². The Morgan fingerprint density at radius 1 is 1.19 bits per heavy atom. The molecule has 0 saturated carbocycles. The highest BCUT2D eigenvalue weighted by molar-refractivity contribution is 5.95. The number of likely N-dealkylation sites (N-methyl/N-ethyl adjacent to an activating group) is 1. The van der Waals surface area contributed by atoms with E-state index in [2.05, 4.69) is 24.1 Å². The number of nitrogens with zero attached hydrogens (tertiary/aromatic N) is 2. The summed E-state index contributed by atoms with van der Waals surface area (Å²) >= 11 is 0. The summed E-state index contributed by atoms with van der Waals surface area (Å²) in [5.41, 5.74) is 1.59. The molecule has 6 heteroatoms. The largest absolute Gasteiger partial charge is 0.464 e. The molecule has 2 aromatic heterocycles. The SMILES string of the molecule is CCc1c(C(=O)NCCN(CC)CC)c(=O)cc(C)n1Cc1ccc(C)o1. The highest BCUT2D eigenvalue weighted by Gasteiger charge is 2.19. The Morgan fingerprint density at radius 2 is 1.89 bits per heavy atom. The molecule has 148 valence electrons. The molecule has 1 N–H and O–H groups in total. The van der Waals surface area contributed by atoms with Crippen LogP contribution in [0.5, 0.6) is 0 Å². The molecule has 0 atom stereocenters. The Hall–Kier alpha value is -2.34. The van der Waals surface area contributed by atoms with Crippen LogP contribution in [-0.2, 0) is 13.0 Å². The molecule has 0 bridgehead atoms. The van der Waals surface area contributed by atoms with Gasteiger partial charge in [0.05, 0.1) is 6.54 Å². The molecule has 0 unspecified atom stereocenters. The third-order valence-electron chi connectivity index (χ3n) is 4.91. The van der Waals surface area contributed by atoms with E-state index in [1.807, 2.05) is 37.5 Å². The first-order valence-corrected chi connectivity index (χ1v) is 9.70. The zero-order valence-corrected chi connectivity index (χ0v) is 17.1. The van der Waals surface area contributed by atoms with Crippen LogP contribution in [0.15, 0.2) is 27.4 Å². The first-order valence-electron chi connectivity index (χ1n) is 9.70. The number of amides is 1. The Labute approximate surface area is 161 Å². The monoisotopic (exact) mass is 373 g/mol. The second-order valence-corrected chi connectivity index (χ2v) is 6.71. The molecular formula is C21H31N3O3. The second-order valence-electron chi connectivity index (χ2n) is 6.71. The number of rotatable bonds is 9. The van der Waals surface area contributed by atoms with E-state index in [1.165, 1.54) is 6.07 Å². The molecule has 0 aliphatic carbocycles. The van der Waals surface area contributed by atoms with Gasteiger partial charge in [-0.15, -0.1) is 0 Å². The summed E-state index contributed by atoms with van der Waals surface area (Å²) in [5, 5.41) is 2.91. The number of carbonyl (C=O) groups is 1. The Bertz CT molecular complexity index is 832. The Kier molecular flexibility index (Phi) is 7.42. The molecule has 2 aromatic rings. The van der Waals surface area contributed by atoms with Crippen molar-refractivity contribution in [3.8, 4) is 0 Å². The summed E-state index contributed by atoms with van der Waals surface area (Å²) in [5.74, 6) is 1.35. The summed E-state index contributed by atoms with van der Waals surface area (Å²) in [6, 6.07) is 5.38. The maximum absolute atomic E-state index is 12.8. The molecule has 6 nitrogen and oxygen atoms in total. The zero-order chi connectivity index (χ0) is 20.0. The van der Waals surface area contributed by atoms with Crippen molar-refractivity contribution >= 4 is 5.91 Å². The standard InChI is InChI=1S/C21H31N3O3/c1-6-18-20(21(26)22-11-12-23(7-2)8-3)19(25)13-15(4)24(18)14-17-10-9-16(5)27-17/h9-10,13H,6-8,11-12,14H2,1-5H3,(H,22,26). The van der Waals surface area contributed by atoms with Crippen molar-refractivity contribution in [2.24, 2.45) is 0 Å². The fourth-order valence-electron chi connectivity index (χ4n) is 3.34. The third kappa shape index (κ3) is 5.10. The van der Waals surface area contributed by atoms with Gasteiger partial charge in [-0.05, 0) is 45.5 Å². The molecule has 0 aliphatic rings. The lowest BCUT2D eigenvalue weighted by Gasteiger charge is -2.20. The van der Waals surface area contributed by atoms with E-state index in [0.717, 1.165) is 42.5 Å². The first kappa shape index (κ1) is 21.0. The van der Waals surface area contributed by atoms with E-state index >= 15 is 0 Å². The van der Waals surface area contributed by atoms with Crippen molar-refractivity contribution in [2.45, 2.75) is 47.6 Å². The lowest BCUT2D eigenvalue weighted by Crippen LogP contribution is -2.38. The number of carbonyl (C=O) groups excluding carboxylic acids is 1. The molecule has 0 radical (unpaired) electrons. The highest BCUT2D eigenvalue weighted by Crippen LogP contribution is 2.15. The summed E-state index contributed by atoms with van der Waals surface area (Å²) in [7, 11) is 0. The maximum Gasteiger partial charge on any atom is 0.257 e. The van der Waals surface area contributed by atoms with Crippen molar-refractivity contribution in [1.29, 1.82) is 0 Å². The lowest BCUT2D eigenvalue weighted by atomic mass is 10.1. The fourth-order valence-corrected chi connectivity index (χ4v) is 3.34. The summed E-state index contributed by atoms with van der Waals surface area (Å²) < 4.78 is 7.68. The van der Waals surface area contributed by atoms with Gasteiger partial charge in [-0.1, -0.05) is 20.8 Å². The minimum absolute atomic E-state index is 0.225. The van der Waals surface area contributed by atoms with Gasteiger partial charge in [0.15, 0.2) is 5.43 Å². The summed E-state index contributed by atoms with van der Waals surface area (Å²) in [4.78, 5) is 27.6. The lowest BCUT2D eigenvalue weighted by molar-refractivity contribution is 0.0945. The van der Waals surface area contributed by atoms with E-state index in [-0.39, 0.29) is 16.9 Å². The quantitative estimate of drug-likeness (QED) is 0.734. The average molecular weight is 373 g/mol. The van der Waals surface area contributed by atoms with E-state index in [4.69, 9.17) is 4.42 Å². The molecule has 2 rings (SSSR count). The molecule has 2 heterocycles. The van der Waals surface area contributed by atoms with Crippen molar-refractivity contribution in [2.75, 3.05) is 26.2 Å². The molecule has 1 amide bonds. The van der Waals surface area contributed by atoms with Crippen LogP contribution in [0.2, 0.25) is 0 Å². The van der Waals surface area contributed by atoms with Crippen molar-refractivity contribution < 1.29 is 9.21 Å². The van der Waals surface area contributed by atoms with Gasteiger partial charge in [-0.25, -0.2) is 0 Å². The molecular weight excluding hydrogens is 342 g/mol. The molecule has 0 aliphatic heterocycles. The number of hydrogen-bond donors (Lipinski definition) is 1. The topological polar surface area (TPSA) is 67.5 Å². The van der Waals surface area contributed by atoms with Gasteiger partial charge < -0.3 is 19.2 Å². The number of hydrogen-bond acceptors (Lipinski definition) is 4. The van der Waals surface area contributed by atoms with Gasteiger partial charge in [0, 0.05) is 30.5 Å². The van der Waals surface area contributed by atoms with Gasteiger partial charge in [-0.3, -0.25) is 9.59 Å². The molecule has 0 fully saturated rings. The van der Waals surface area contributed by atoms with Crippen LogP contribution in [0.25, 0.3) is 0 Å². The minimum Gasteiger partial charge on any atom is -0.464 e. The van der Waals surface area contributed by atoms with Crippen molar-refractivity contribution in [3.63, 3.8) is 0 Å². The zero-order valence-electron chi connectivity index (χ0n) is 17.1. The van der Waals surface area contributed by atoms with Crippen LogP contribution in [0.1, 0.15) is 54.0 Å². The van der Waals surface area contributed by atoms with Crippen LogP contribution in [0.4, 0.5) is 0 Å². The highest BCUT2D eigenvalue weighted by atomic mass is 16.3. The van der Waals surface area contributed by atoms with E-state index in [9.17, 15) is 9.59 Å². The van der Waals surface area contributed by atoms with Gasteiger partial charge in [0.25, 0.3) is 5.91 Å². The maximum atomic E-state index is 12.8. The number of nitrogens with one attached hydrogen (secondary N) is 1. The van der Waals surface area contributed by atoms with Gasteiger partial charge in [0.2, 0.25) is 0 Å². The number of pyridine rings is 1. The Morgan fingerprint density at radius 3 is 2.44 bits per heavy atom. The fraction of sp³-hybridized carbons (Fsp3) is 0.524. The van der Waals surface area contributed by atoms with Gasteiger partial charge in [-0.2, -0.15) is 0 Å². The summed E-state index contributed by atoms with van der Waals surface area (Å²) in [6.07, 6.45) is 0.593. The average Bonchev–Trinajstić information content (AvgIpc) is 3.05. The van der Waals surface area contributed by atoms with Crippen LogP contribution in [0, 0.1) is 13.8 Å². The van der Waals surface area contributed by atoms with E-state index in [1.54, 1.807) is 0 Å². The predicted molar refractivity (Wildman–Crippen MR) is 107 cm³/mol. The van der Waals surface area contributed by atoms with E-state index < -0.39 is 0 Å². The predicted octanol–water partition coefficient (Wildman–Crippen LogP) is 2.74. The first-order chi connectivity index (χ1) is 12.9. The van der Waals surface area contributed by atoms with Gasteiger partial charge >= 0.3 is 0 Å². The smallest absolute Gasteiger partial charge is 0.257 e. The van der Waals surface area contributed by atoms with E-state index in [0.29, 0.717) is 19.5 Å².